The zero-order chi connectivity index (χ0) is 11.5. The summed E-state index contributed by atoms with van der Waals surface area (Å²) >= 11 is 0. The van der Waals surface area contributed by atoms with Gasteiger partial charge in [0.2, 0.25) is 0 Å². The molecule has 15 heavy (non-hydrogen) atoms. The van der Waals surface area contributed by atoms with Crippen molar-refractivity contribution >= 4 is 11.7 Å². The summed E-state index contributed by atoms with van der Waals surface area (Å²) in [5, 5.41) is 36.4. The van der Waals surface area contributed by atoms with Gasteiger partial charge in [0.1, 0.15) is 6.61 Å². The van der Waals surface area contributed by atoms with E-state index < -0.39 is 18.3 Å². The Bertz CT molecular complexity index is 342. The van der Waals surface area contributed by atoms with E-state index in [0.29, 0.717) is 0 Å². The minimum atomic E-state index is -2.73. The van der Waals surface area contributed by atoms with Crippen molar-refractivity contribution < 1.29 is 25.3 Å². The van der Waals surface area contributed by atoms with E-state index in [0.717, 1.165) is 0 Å². The van der Waals surface area contributed by atoms with Crippen LogP contribution in [0.1, 0.15) is 0 Å². The third-order valence-corrected chi connectivity index (χ3v) is 1.91. The molecule has 6 nitrogen and oxygen atoms in total. The third kappa shape index (κ3) is 2.07. The molecule has 0 unspecified atom stereocenters. The molecule has 0 saturated carbocycles. The number of aliphatic hydroxyl groups is 2. The zero-order valence-corrected chi connectivity index (χ0v) is 7.74. The van der Waals surface area contributed by atoms with E-state index in [1.165, 1.54) is 12.1 Å². The first-order valence-electron chi connectivity index (χ1n) is 4.13. The highest BCUT2D eigenvalue weighted by molar-refractivity contribution is 5.80. The van der Waals surface area contributed by atoms with Gasteiger partial charge in [-0.15, -0.1) is 0 Å². The number of benzene rings is 1. The van der Waals surface area contributed by atoms with Crippen LogP contribution in [0, 0.1) is 0 Å². The predicted molar refractivity (Wildman–Crippen MR) is 50.4 cm³/mol. The lowest BCUT2D eigenvalue weighted by atomic mass is 10.2. The van der Waals surface area contributed by atoms with Crippen LogP contribution in [0.5, 0.6) is 0 Å². The first-order chi connectivity index (χ1) is 7.02. The number of hydrogen-bond acceptors (Lipinski definition) is 5. The molecule has 6 heteroatoms. The zero-order valence-electron chi connectivity index (χ0n) is 7.74. The van der Waals surface area contributed by atoms with Gasteiger partial charge in [0.25, 0.3) is 5.72 Å². The number of para-hydroxylation sites is 1. The number of carboxylic acids is 1. The fourth-order valence-electron chi connectivity index (χ4n) is 1.01. The summed E-state index contributed by atoms with van der Waals surface area (Å²) in [6.07, 6.45) is 0. The Labute approximate surface area is 85.6 Å². The quantitative estimate of drug-likeness (QED) is 0.403. The number of rotatable bonds is 4. The number of nitrogens with zero attached hydrogens (tertiary/aromatic N) is 1. The van der Waals surface area contributed by atoms with Crippen LogP contribution in [0.15, 0.2) is 30.3 Å². The molecular weight excluding hydrogens is 202 g/mol. The van der Waals surface area contributed by atoms with Crippen molar-refractivity contribution in [2.45, 2.75) is 5.72 Å². The Hall–Kier alpha value is -1.63. The van der Waals surface area contributed by atoms with Crippen molar-refractivity contribution in [3.63, 3.8) is 0 Å². The molecule has 0 aliphatic carbocycles. The molecule has 0 aliphatic heterocycles. The molecule has 1 atom stereocenters. The van der Waals surface area contributed by atoms with Crippen molar-refractivity contribution in [3.05, 3.63) is 30.3 Å². The van der Waals surface area contributed by atoms with E-state index in [2.05, 4.69) is 0 Å². The van der Waals surface area contributed by atoms with Gasteiger partial charge in [0, 0.05) is 0 Å². The molecule has 0 radical (unpaired) electrons. The van der Waals surface area contributed by atoms with Gasteiger partial charge in [0.05, 0.1) is 5.69 Å². The number of aliphatic hydroxyl groups excluding tert-OH is 1. The van der Waals surface area contributed by atoms with Crippen molar-refractivity contribution in [1.29, 1.82) is 0 Å². The summed E-state index contributed by atoms with van der Waals surface area (Å²) in [5.41, 5.74) is -2.67. The monoisotopic (exact) mass is 213 g/mol. The van der Waals surface area contributed by atoms with Crippen molar-refractivity contribution in [3.8, 4) is 0 Å². The lowest BCUT2D eigenvalue weighted by Gasteiger charge is -2.30. The maximum absolute atomic E-state index is 10.7. The molecule has 0 fully saturated rings. The fraction of sp³-hybridized carbons (Fsp3) is 0.222. The highest BCUT2D eigenvalue weighted by Gasteiger charge is 2.42. The van der Waals surface area contributed by atoms with Crippen molar-refractivity contribution in [2.75, 3.05) is 11.7 Å². The van der Waals surface area contributed by atoms with Crippen LogP contribution in [0.4, 0.5) is 5.69 Å². The molecule has 0 spiro atoms. The highest BCUT2D eigenvalue weighted by Crippen LogP contribution is 2.19. The average Bonchev–Trinajstić information content (AvgIpc) is 2.28. The number of hydrogen-bond donors (Lipinski definition) is 4. The van der Waals surface area contributed by atoms with Gasteiger partial charge in [0.15, 0.2) is 0 Å². The second-order valence-electron chi connectivity index (χ2n) is 2.93. The first kappa shape index (κ1) is 11.4. The van der Waals surface area contributed by atoms with Crippen molar-refractivity contribution in [1.82, 2.24) is 0 Å². The standard InChI is InChI=1S/C9H11NO5/c11-6-9(14,8(12)13)10(15)7-4-2-1-3-5-7/h1-5,11,14-15H,6H2,(H,12,13)/t9-/m1/s1. The molecular formula is C9H11NO5. The maximum atomic E-state index is 10.7. The van der Waals surface area contributed by atoms with Crippen LogP contribution in [-0.2, 0) is 4.79 Å². The molecule has 0 amide bonds. The number of hydroxylamine groups is 1. The van der Waals surface area contributed by atoms with Gasteiger partial charge in [-0.05, 0) is 12.1 Å². The van der Waals surface area contributed by atoms with Gasteiger partial charge < -0.3 is 15.3 Å². The minimum absolute atomic E-state index is 0.0662. The molecule has 0 saturated heterocycles. The van der Waals surface area contributed by atoms with Gasteiger partial charge in [-0.3, -0.25) is 5.21 Å². The summed E-state index contributed by atoms with van der Waals surface area (Å²) in [5.74, 6) is -1.74. The maximum Gasteiger partial charge on any atom is 0.362 e. The highest BCUT2D eigenvalue weighted by atomic mass is 16.6. The minimum Gasteiger partial charge on any atom is -0.478 e. The Morgan fingerprint density at radius 3 is 2.27 bits per heavy atom. The second kappa shape index (κ2) is 4.26. The van der Waals surface area contributed by atoms with Gasteiger partial charge in [-0.2, -0.15) is 0 Å². The van der Waals surface area contributed by atoms with E-state index in [-0.39, 0.29) is 10.8 Å². The summed E-state index contributed by atoms with van der Waals surface area (Å²) in [6.45, 7) is -1.13. The summed E-state index contributed by atoms with van der Waals surface area (Å²) in [6, 6.07) is 7.56. The molecule has 0 heterocycles. The summed E-state index contributed by atoms with van der Waals surface area (Å²) in [7, 11) is 0. The molecule has 1 aromatic rings. The lowest BCUT2D eigenvalue weighted by Crippen LogP contribution is -2.56. The van der Waals surface area contributed by atoms with E-state index in [1.54, 1.807) is 18.2 Å². The molecule has 1 rings (SSSR count). The largest absolute Gasteiger partial charge is 0.478 e. The van der Waals surface area contributed by atoms with Crippen LogP contribution in [0.3, 0.4) is 0 Å². The summed E-state index contributed by atoms with van der Waals surface area (Å²) < 4.78 is 0. The Kier molecular flexibility index (Phi) is 3.25. The Balaban J connectivity index is 3.02. The Morgan fingerprint density at radius 2 is 1.87 bits per heavy atom. The third-order valence-electron chi connectivity index (χ3n) is 1.91. The topological polar surface area (TPSA) is 101 Å². The average molecular weight is 213 g/mol. The van der Waals surface area contributed by atoms with Crippen molar-refractivity contribution in [2.24, 2.45) is 0 Å². The summed E-state index contributed by atoms with van der Waals surface area (Å²) in [4.78, 5) is 10.7. The number of carbonyl (C=O) groups is 1. The number of anilines is 1. The van der Waals surface area contributed by atoms with Crippen LogP contribution in [0.2, 0.25) is 0 Å². The van der Waals surface area contributed by atoms with Crippen LogP contribution in [0.25, 0.3) is 0 Å². The van der Waals surface area contributed by atoms with E-state index in [9.17, 15) is 15.1 Å². The molecule has 82 valence electrons. The molecule has 0 aliphatic rings. The molecule has 0 bridgehead atoms. The van der Waals surface area contributed by atoms with Gasteiger partial charge in [-0.25, -0.2) is 9.86 Å². The predicted octanol–water partition coefficient (Wildman–Crippen LogP) is -0.352. The smallest absolute Gasteiger partial charge is 0.362 e. The van der Waals surface area contributed by atoms with E-state index in [1.807, 2.05) is 0 Å². The Morgan fingerprint density at radius 1 is 1.33 bits per heavy atom. The number of aliphatic carboxylic acids is 1. The van der Waals surface area contributed by atoms with Crippen LogP contribution < -0.4 is 5.06 Å². The SMILES string of the molecule is O=C(O)[C@](O)(CO)N(O)c1ccccc1. The van der Waals surface area contributed by atoms with E-state index in [4.69, 9.17) is 10.2 Å². The normalized spacial score (nSPS) is 14.3. The number of carboxylic acid groups (broad SMARTS) is 1. The van der Waals surface area contributed by atoms with Gasteiger partial charge >= 0.3 is 5.97 Å². The van der Waals surface area contributed by atoms with Crippen LogP contribution >= 0.6 is 0 Å². The second-order valence-corrected chi connectivity index (χ2v) is 2.93. The lowest BCUT2D eigenvalue weighted by molar-refractivity contribution is -0.171. The molecule has 0 aromatic heterocycles. The van der Waals surface area contributed by atoms with Crippen LogP contribution in [-0.4, -0.2) is 38.8 Å². The molecule has 4 N–H and O–H groups in total. The van der Waals surface area contributed by atoms with Gasteiger partial charge in [-0.1, -0.05) is 18.2 Å². The fourth-order valence-corrected chi connectivity index (χ4v) is 1.01. The first-order valence-corrected chi connectivity index (χ1v) is 4.13. The van der Waals surface area contributed by atoms with E-state index >= 15 is 0 Å². The molecule has 1 aromatic carbocycles.